The molecule has 0 spiro atoms. The predicted octanol–water partition coefficient (Wildman–Crippen LogP) is 3.55. The molecule has 0 radical (unpaired) electrons. The lowest BCUT2D eigenvalue weighted by atomic mass is 10.1. The van der Waals surface area contributed by atoms with E-state index in [1.165, 1.54) is 30.3 Å². The van der Waals surface area contributed by atoms with Crippen LogP contribution in [0.5, 0.6) is 0 Å². The van der Waals surface area contributed by atoms with Crippen molar-refractivity contribution >= 4 is 46.2 Å². The molecule has 0 aliphatic heterocycles. The van der Waals surface area contributed by atoms with Crippen molar-refractivity contribution in [3.8, 4) is 0 Å². The van der Waals surface area contributed by atoms with Crippen LogP contribution in [0.4, 0.5) is 21.5 Å². The summed E-state index contributed by atoms with van der Waals surface area (Å²) in [5.41, 5.74) is 12.5. The molecule has 0 aliphatic rings. The minimum absolute atomic E-state index is 0.181. The van der Waals surface area contributed by atoms with Gasteiger partial charge in [-0.1, -0.05) is 23.2 Å². The second kappa shape index (κ2) is 5.56. The molecule has 0 saturated carbocycles. The van der Waals surface area contributed by atoms with Gasteiger partial charge < -0.3 is 16.8 Å². The van der Waals surface area contributed by atoms with Gasteiger partial charge in [-0.2, -0.15) is 0 Å². The Morgan fingerprint density at radius 2 is 1.50 bits per heavy atom. The molecule has 2 aromatic carbocycles. The number of carbonyl (C=O) groups excluding carboxylic acids is 1. The van der Waals surface area contributed by atoms with E-state index in [0.29, 0.717) is 11.4 Å². The molecule has 20 heavy (non-hydrogen) atoms. The standard InChI is InChI=1S/C13H10Cl2FN3O/c14-10-4-9(5-11(15)12(10)16)19-13(20)6-1-7(17)3-8(18)2-6/h1-5H,17-18H2,(H,19,20). The maximum absolute atomic E-state index is 13.3. The van der Waals surface area contributed by atoms with Crippen LogP contribution >= 0.6 is 23.2 Å². The van der Waals surface area contributed by atoms with E-state index in [1.807, 2.05) is 0 Å². The van der Waals surface area contributed by atoms with Gasteiger partial charge >= 0.3 is 0 Å². The summed E-state index contributed by atoms with van der Waals surface area (Å²) in [6.07, 6.45) is 0. The molecule has 7 heteroatoms. The third-order valence-corrected chi connectivity index (χ3v) is 3.03. The maximum atomic E-state index is 13.3. The number of carbonyl (C=O) groups is 1. The molecule has 4 nitrogen and oxygen atoms in total. The molecule has 2 rings (SSSR count). The summed E-state index contributed by atoms with van der Waals surface area (Å²) in [4.78, 5) is 12.0. The molecule has 104 valence electrons. The Bertz CT molecular complexity index is 648. The van der Waals surface area contributed by atoms with Gasteiger partial charge in [-0.3, -0.25) is 4.79 Å². The molecule has 0 bridgehead atoms. The van der Waals surface area contributed by atoms with Gasteiger partial charge in [0.05, 0.1) is 10.0 Å². The number of nitrogens with one attached hydrogen (secondary N) is 1. The van der Waals surface area contributed by atoms with Gasteiger partial charge in [-0.25, -0.2) is 4.39 Å². The summed E-state index contributed by atoms with van der Waals surface area (Å²) in [5.74, 6) is -1.19. The van der Waals surface area contributed by atoms with Crippen LogP contribution in [0.25, 0.3) is 0 Å². The third kappa shape index (κ3) is 3.12. The number of nitrogen functional groups attached to an aromatic ring is 2. The van der Waals surface area contributed by atoms with Gasteiger partial charge in [0.25, 0.3) is 5.91 Å². The van der Waals surface area contributed by atoms with E-state index in [9.17, 15) is 9.18 Å². The fourth-order valence-corrected chi connectivity index (χ4v) is 2.13. The van der Waals surface area contributed by atoms with Crippen molar-refractivity contribution in [1.29, 1.82) is 0 Å². The van der Waals surface area contributed by atoms with Crippen LogP contribution in [0.15, 0.2) is 30.3 Å². The molecular formula is C13H10Cl2FN3O. The normalized spacial score (nSPS) is 10.3. The summed E-state index contributed by atoms with van der Waals surface area (Å²) in [6, 6.07) is 6.99. The maximum Gasteiger partial charge on any atom is 0.255 e. The van der Waals surface area contributed by atoms with Gasteiger partial charge in [0.15, 0.2) is 5.82 Å². The first-order valence-electron chi connectivity index (χ1n) is 5.49. The highest BCUT2D eigenvalue weighted by molar-refractivity contribution is 6.35. The zero-order valence-electron chi connectivity index (χ0n) is 10.1. The van der Waals surface area contributed by atoms with Gasteiger partial charge in [-0.15, -0.1) is 0 Å². The quantitative estimate of drug-likeness (QED) is 0.586. The van der Waals surface area contributed by atoms with Crippen LogP contribution in [0.2, 0.25) is 10.0 Å². The first-order chi connectivity index (χ1) is 9.36. The van der Waals surface area contributed by atoms with Crippen LogP contribution in [-0.4, -0.2) is 5.91 Å². The van der Waals surface area contributed by atoms with Crippen molar-refractivity contribution in [2.75, 3.05) is 16.8 Å². The smallest absolute Gasteiger partial charge is 0.255 e. The summed E-state index contributed by atoms with van der Waals surface area (Å²) in [5, 5.41) is 2.17. The second-order valence-corrected chi connectivity index (χ2v) is 4.91. The van der Waals surface area contributed by atoms with Crippen LogP contribution in [-0.2, 0) is 0 Å². The fraction of sp³-hybridized carbons (Fsp3) is 0. The lowest BCUT2D eigenvalue weighted by molar-refractivity contribution is 0.102. The summed E-state index contributed by atoms with van der Waals surface area (Å²) in [6.45, 7) is 0. The molecule has 5 N–H and O–H groups in total. The molecular weight excluding hydrogens is 304 g/mol. The van der Waals surface area contributed by atoms with Crippen molar-refractivity contribution in [3.05, 3.63) is 51.8 Å². The van der Waals surface area contributed by atoms with Crippen LogP contribution in [0.3, 0.4) is 0 Å². The highest BCUT2D eigenvalue weighted by atomic mass is 35.5. The lowest BCUT2D eigenvalue weighted by Crippen LogP contribution is -2.13. The average Bonchev–Trinajstić information content (AvgIpc) is 2.34. The van der Waals surface area contributed by atoms with Crippen LogP contribution in [0.1, 0.15) is 10.4 Å². The van der Waals surface area contributed by atoms with E-state index < -0.39 is 11.7 Å². The Labute approximate surface area is 124 Å². The number of benzene rings is 2. The van der Waals surface area contributed by atoms with Gasteiger partial charge in [-0.05, 0) is 30.3 Å². The Kier molecular flexibility index (Phi) is 4.01. The highest BCUT2D eigenvalue weighted by Gasteiger charge is 2.11. The molecule has 0 aliphatic carbocycles. The van der Waals surface area contributed by atoms with Gasteiger partial charge in [0.2, 0.25) is 0 Å². The van der Waals surface area contributed by atoms with Crippen LogP contribution < -0.4 is 16.8 Å². The molecule has 2 aromatic rings. The Morgan fingerprint density at radius 3 is 2.00 bits per heavy atom. The number of halogens is 3. The largest absolute Gasteiger partial charge is 0.399 e. The first kappa shape index (κ1) is 14.4. The number of amides is 1. The number of nitrogens with two attached hydrogens (primary N) is 2. The SMILES string of the molecule is Nc1cc(N)cc(C(=O)Nc2cc(Cl)c(F)c(Cl)c2)c1. The molecule has 0 aromatic heterocycles. The molecule has 1 amide bonds. The minimum Gasteiger partial charge on any atom is -0.399 e. The molecule has 0 fully saturated rings. The first-order valence-corrected chi connectivity index (χ1v) is 6.24. The third-order valence-electron chi connectivity index (χ3n) is 2.48. The number of hydrogen-bond acceptors (Lipinski definition) is 3. The Balaban J connectivity index is 2.28. The molecule has 0 atom stereocenters. The Morgan fingerprint density at radius 1 is 1.00 bits per heavy atom. The van der Waals surface area contributed by atoms with E-state index in [1.54, 1.807) is 0 Å². The monoisotopic (exact) mass is 313 g/mol. The van der Waals surface area contributed by atoms with Crippen LogP contribution in [0, 0.1) is 5.82 Å². The summed E-state index contributed by atoms with van der Waals surface area (Å²) in [7, 11) is 0. The van der Waals surface area contributed by atoms with Crippen molar-refractivity contribution in [2.24, 2.45) is 0 Å². The topological polar surface area (TPSA) is 81.1 Å². The van der Waals surface area contributed by atoms with Crippen molar-refractivity contribution in [3.63, 3.8) is 0 Å². The predicted molar refractivity (Wildman–Crippen MR) is 79.6 cm³/mol. The molecule has 0 heterocycles. The second-order valence-electron chi connectivity index (χ2n) is 4.10. The zero-order chi connectivity index (χ0) is 14.9. The van der Waals surface area contributed by atoms with Crippen molar-refractivity contribution < 1.29 is 9.18 Å². The summed E-state index contributed by atoms with van der Waals surface area (Å²) < 4.78 is 13.3. The van der Waals surface area contributed by atoms with E-state index in [2.05, 4.69) is 5.32 Å². The van der Waals surface area contributed by atoms with Gasteiger partial charge in [0, 0.05) is 22.6 Å². The lowest BCUT2D eigenvalue weighted by Gasteiger charge is -2.08. The average molecular weight is 314 g/mol. The van der Waals surface area contributed by atoms with E-state index in [0.717, 1.165) is 0 Å². The van der Waals surface area contributed by atoms with Gasteiger partial charge in [0.1, 0.15) is 0 Å². The van der Waals surface area contributed by atoms with E-state index in [4.69, 9.17) is 34.7 Å². The fourth-order valence-electron chi connectivity index (χ4n) is 1.64. The highest BCUT2D eigenvalue weighted by Crippen LogP contribution is 2.27. The van der Waals surface area contributed by atoms with Crippen molar-refractivity contribution in [1.82, 2.24) is 0 Å². The zero-order valence-corrected chi connectivity index (χ0v) is 11.6. The number of anilines is 3. The molecule has 0 saturated heterocycles. The summed E-state index contributed by atoms with van der Waals surface area (Å²) >= 11 is 11.3. The Hall–Kier alpha value is -1.98. The van der Waals surface area contributed by atoms with Crippen molar-refractivity contribution in [2.45, 2.75) is 0 Å². The van der Waals surface area contributed by atoms with E-state index in [-0.39, 0.29) is 21.3 Å². The van der Waals surface area contributed by atoms with E-state index >= 15 is 0 Å². The molecule has 0 unspecified atom stereocenters. The minimum atomic E-state index is -0.737. The number of rotatable bonds is 2. The number of hydrogen-bond donors (Lipinski definition) is 3.